The first-order valence-electron chi connectivity index (χ1n) is 11.4. The number of benzene rings is 3. The van der Waals surface area contributed by atoms with Crippen LogP contribution in [0.25, 0.3) is 0 Å². The van der Waals surface area contributed by atoms with Crippen LogP contribution in [0.5, 0.6) is 5.75 Å². The van der Waals surface area contributed by atoms with Crippen LogP contribution in [0.1, 0.15) is 40.1 Å². The lowest BCUT2D eigenvalue weighted by Gasteiger charge is -2.19. The van der Waals surface area contributed by atoms with E-state index in [1.807, 2.05) is 24.3 Å². The van der Waals surface area contributed by atoms with Gasteiger partial charge >= 0.3 is 0 Å². The van der Waals surface area contributed by atoms with Gasteiger partial charge in [0.05, 0.1) is 0 Å². The van der Waals surface area contributed by atoms with Crippen LogP contribution in [0.15, 0.2) is 72.8 Å². The van der Waals surface area contributed by atoms with Crippen LogP contribution in [-0.4, -0.2) is 43.0 Å². The average molecular weight is 464 g/mol. The van der Waals surface area contributed by atoms with Crippen molar-refractivity contribution in [2.75, 3.05) is 31.6 Å². The maximum absolute atomic E-state index is 13.1. The number of anilines is 1. The van der Waals surface area contributed by atoms with Crippen molar-refractivity contribution in [3.8, 4) is 5.75 Å². The standard InChI is InChI=1S/C27H30FN3O3/c1-3-31(4-2)16-17-34-25-11-6-5-8-22(25)19-29-26(32)21-9-7-10-24(18-21)30-27(33)20-12-14-23(28)15-13-20/h5-15,18H,3-4,16-17,19H2,1-2H3,(H,29,32)(H,30,33). The highest BCUT2D eigenvalue weighted by Crippen LogP contribution is 2.18. The normalized spacial score (nSPS) is 10.7. The zero-order valence-electron chi connectivity index (χ0n) is 19.5. The highest BCUT2D eigenvalue weighted by Gasteiger charge is 2.11. The average Bonchev–Trinajstić information content (AvgIpc) is 2.86. The Hall–Kier alpha value is -3.71. The summed E-state index contributed by atoms with van der Waals surface area (Å²) in [6.07, 6.45) is 0. The van der Waals surface area contributed by atoms with E-state index in [-0.39, 0.29) is 11.8 Å². The van der Waals surface area contributed by atoms with E-state index in [1.54, 1.807) is 24.3 Å². The van der Waals surface area contributed by atoms with E-state index in [0.29, 0.717) is 30.0 Å². The van der Waals surface area contributed by atoms with Gasteiger partial charge in [-0.2, -0.15) is 0 Å². The van der Waals surface area contributed by atoms with Crippen molar-refractivity contribution in [2.45, 2.75) is 20.4 Å². The fraction of sp³-hybridized carbons (Fsp3) is 0.259. The Morgan fingerprint density at radius 3 is 2.35 bits per heavy atom. The maximum atomic E-state index is 13.1. The molecule has 0 aliphatic carbocycles. The predicted molar refractivity (Wildman–Crippen MR) is 132 cm³/mol. The Morgan fingerprint density at radius 1 is 0.882 bits per heavy atom. The highest BCUT2D eigenvalue weighted by atomic mass is 19.1. The number of carbonyl (C=O) groups is 2. The summed E-state index contributed by atoms with van der Waals surface area (Å²) >= 11 is 0. The van der Waals surface area contributed by atoms with Gasteiger partial charge in [-0.1, -0.05) is 38.1 Å². The molecule has 0 heterocycles. The number of amides is 2. The minimum Gasteiger partial charge on any atom is -0.492 e. The van der Waals surface area contributed by atoms with E-state index < -0.39 is 5.82 Å². The van der Waals surface area contributed by atoms with Gasteiger partial charge in [0.15, 0.2) is 0 Å². The monoisotopic (exact) mass is 463 g/mol. The smallest absolute Gasteiger partial charge is 0.255 e. The fourth-order valence-corrected chi connectivity index (χ4v) is 3.44. The van der Waals surface area contributed by atoms with Crippen LogP contribution in [-0.2, 0) is 6.54 Å². The van der Waals surface area contributed by atoms with E-state index in [1.165, 1.54) is 24.3 Å². The minimum absolute atomic E-state index is 0.268. The molecule has 0 aliphatic rings. The van der Waals surface area contributed by atoms with Gasteiger partial charge in [-0.15, -0.1) is 0 Å². The number of carbonyl (C=O) groups excluding carboxylic acids is 2. The number of ether oxygens (including phenoxy) is 1. The van der Waals surface area contributed by atoms with Crippen molar-refractivity contribution in [1.82, 2.24) is 10.2 Å². The second kappa shape index (κ2) is 12.5. The zero-order valence-corrected chi connectivity index (χ0v) is 19.5. The van der Waals surface area contributed by atoms with Crippen molar-refractivity contribution < 1.29 is 18.7 Å². The molecule has 0 radical (unpaired) electrons. The predicted octanol–water partition coefficient (Wildman–Crippen LogP) is 4.73. The number of halogens is 1. The third-order valence-corrected chi connectivity index (χ3v) is 5.46. The second-order valence-corrected chi connectivity index (χ2v) is 7.71. The summed E-state index contributed by atoms with van der Waals surface area (Å²) in [6, 6.07) is 19.6. The Labute approximate surface area is 199 Å². The molecular weight excluding hydrogens is 433 g/mol. The van der Waals surface area contributed by atoms with Gasteiger partial charge in [0.2, 0.25) is 0 Å². The zero-order chi connectivity index (χ0) is 24.3. The lowest BCUT2D eigenvalue weighted by molar-refractivity contribution is 0.0949. The molecule has 3 rings (SSSR count). The molecule has 0 aliphatic heterocycles. The van der Waals surface area contributed by atoms with Crippen molar-refractivity contribution in [1.29, 1.82) is 0 Å². The molecule has 2 amide bonds. The molecule has 2 N–H and O–H groups in total. The molecule has 6 nitrogen and oxygen atoms in total. The van der Waals surface area contributed by atoms with Gasteiger partial charge < -0.3 is 20.3 Å². The first-order valence-corrected chi connectivity index (χ1v) is 11.4. The number of rotatable bonds is 11. The fourth-order valence-electron chi connectivity index (χ4n) is 3.44. The molecule has 0 atom stereocenters. The topological polar surface area (TPSA) is 70.7 Å². The Bertz CT molecular complexity index is 1100. The maximum Gasteiger partial charge on any atom is 0.255 e. The SMILES string of the molecule is CCN(CC)CCOc1ccccc1CNC(=O)c1cccc(NC(=O)c2ccc(F)cc2)c1. The first-order chi connectivity index (χ1) is 16.5. The Kier molecular flexibility index (Phi) is 9.17. The molecule has 0 spiro atoms. The lowest BCUT2D eigenvalue weighted by atomic mass is 10.1. The van der Waals surface area contributed by atoms with Crippen LogP contribution in [0.3, 0.4) is 0 Å². The summed E-state index contributed by atoms with van der Waals surface area (Å²) in [5, 5.41) is 5.64. The summed E-state index contributed by atoms with van der Waals surface area (Å²) in [7, 11) is 0. The van der Waals surface area contributed by atoms with Crippen LogP contribution >= 0.6 is 0 Å². The van der Waals surface area contributed by atoms with E-state index in [4.69, 9.17) is 4.74 Å². The third kappa shape index (κ3) is 7.15. The molecule has 0 aromatic heterocycles. The second-order valence-electron chi connectivity index (χ2n) is 7.71. The van der Waals surface area contributed by atoms with E-state index in [9.17, 15) is 14.0 Å². The molecular formula is C27H30FN3O3. The Morgan fingerprint density at radius 2 is 1.62 bits per heavy atom. The molecule has 3 aromatic rings. The van der Waals surface area contributed by atoms with Crippen molar-refractivity contribution in [3.05, 3.63) is 95.3 Å². The van der Waals surface area contributed by atoms with Crippen LogP contribution in [0, 0.1) is 5.82 Å². The molecule has 34 heavy (non-hydrogen) atoms. The van der Waals surface area contributed by atoms with Crippen molar-refractivity contribution >= 4 is 17.5 Å². The number of nitrogens with zero attached hydrogens (tertiary/aromatic N) is 1. The largest absolute Gasteiger partial charge is 0.492 e. The number of likely N-dealkylation sites (N-methyl/N-ethyl adjacent to an activating group) is 1. The summed E-state index contributed by atoms with van der Waals surface area (Å²) in [5.74, 6) is -0.314. The van der Waals surface area contributed by atoms with Gasteiger partial charge in [-0.3, -0.25) is 9.59 Å². The lowest BCUT2D eigenvalue weighted by Crippen LogP contribution is -2.28. The number of hydrogen-bond donors (Lipinski definition) is 2. The van der Waals surface area contributed by atoms with E-state index >= 15 is 0 Å². The van der Waals surface area contributed by atoms with Gasteiger partial charge in [0.25, 0.3) is 11.8 Å². The Balaban J connectivity index is 1.58. The molecule has 0 saturated carbocycles. The number of nitrogens with one attached hydrogen (secondary N) is 2. The number of para-hydroxylation sites is 1. The third-order valence-electron chi connectivity index (χ3n) is 5.46. The molecule has 0 bridgehead atoms. The van der Waals surface area contributed by atoms with Crippen molar-refractivity contribution in [2.24, 2.45) is 0 Å². The van der Waals surface area contributed by atoms with Crippen LogP contribution in [0.2, 0.25) is 0 Å². The van der Waals surface area contributed by atoms with Crippen LogP contribution < -0.4 is 15.4 Å². The van der Waals surface area contributed by atoms with Gasteiger partial charge in [0.1, 0.15) is 18.2 Å². The van der Waals surface area contributed by atoms with Gasteiger partial charge in [-0.05, 0) is 61.6 Å². The molecule has 7 heteroatoms. The van der Waals surface area contributed by atoms with E-state index in [0.717, 1.165) is 30.9 Å². The van der Waals surface area contributed by atoms with E-state index in [2.05, 4.69) is 29.4 Å². The number of hydrogen-bond acceptors (Lipinski definition) is 4. The molecule has 0 fully saturated rings. The molecule has 0 saturated heterocycles. The van der Waals surface area contributed by atoms with Crippen LogP contribution in [0.4, 0.5) is 10.1 Å². The quantitative estimate of drug-likeness (QED) is 0.431. The summed E-state index contributed by atoms with van der Waals surface area (Å²) < 4.78 is 19.0. The first kappa shape index (κ1) is 24.9. The van der Waals surface area contributed by atoms with Gasteiger partial charge in [0, 0.05) is 35.5 Å². The summed E-state index contributed by atoms with van der Waals surface area (Å²) in [5.41, 5.74) is 2.10. The molecule has 0 unspecified atom stereocenters. The minimum atomic E-state index is -0.411. The highest BCUT2D eigenvalue weighted by molar-refractivity contribution is 6.05. The molecule has 3 aromatic carbocycles. The summed E-state index contributed by atoms with van der Waals surface area (Å²) in [6.45, 7) is 7.91. The molecule has 178 valence electrons. The summed E-state index contributed by atoms with van der Waals surface area (Å²) in [4.78, 5) is 27.4. The van der Waals surface area contributed by atoms with Gasteiger partial charge in [-0.25, -0.2) is 4.39 Å². The van der Waals surface area contributed by atoms with Crippen molar-refractivity contribution in [3.63, 3.8) is 0 Å².